The van der Waals surface area contributed by atoms with E-state index in [1.54, 1.807) is 24.3 Å². The van der Waals surface area contributed by atoms with E-state index in [0.29, 0.717) is 35.6 Å². The Kier molecular flexibility index (Phi) is 7.95. The van der Waals surface area contributed by atoms with Gasteiger partial charge in [0.05, 0.1) is 6.54 Å². The van der Waals surface area contributed by atoms with Gasteiger partial charge in [0, 0.05) is 29.7 Å². The molecule has 3 aromatic carbocycles. The molecule has 0 fully saturated rings. The van der Waals surface area contributed by atoms with Gasteiger partial charge in [-0.05, 0) is 41.0 Å². The Morgan fingerprint density at radius 3 is 2.44 bits per heavy atom. The molecule has 1 heterocycles. The number of hydrogen-bond donors (Lipinski definition) is 1. The van der Waals surface area contributed by atoms with E-state index in [-0.39, 0.29) is 24.0 Å². The fourth-order valence-electron chi connectivity index (χ4n) is 3.45. The van der Waals surface area contributed by atoms with Crippen molar-refractivity contribution >= 4 is 29.1 Å². The molecule has 0 aliphatic heterocycles. The van der Waals surface area contributed by atoms with Crippen molar-refractivity contribution in [1.82, 2.24) is 15.2 Å². The van der Waals surface area contributed by atoms with Gasteiger partial charge in [-0.25, -0.2) is 9.37 Å². The Bertz CT molecular complexity index is 1250. The lowest BCUT2D eigenvalue weighted by Crippen LogP contribution is -2.24. The molecule has 0 saturated heterocycles. The minimum Gasteiger partial charge on any atom is -0.447 e. The number of carbonyl (C=O) groups excluding carboxylic acids is 1. The fourth-order valence-corrected chi connectivity index (χ4v) is 3.92. The lowest BCUT2D eigenvalue weighted by atomic mass is 10.1. The molecule has 0 spiro atoms. The normalized spacial score (nSPS) is 11.1. The second-order valence-electron chi connectivity index (χ2n) is 7.80. The van der Waals surface area contributed by atoms with Gasteiger partial charge < -0.3 is 9.73 Å². The Morgan fingerprint density at radius 1 is 0.941 bits per heavy atom. The summed E-state index contributed by atoms with van der Waals surface area (Å²) in [4.78, 5) is 19.0. The number of carbonyl (C=O) groups is 1. The zero-order valence-electron chi connectivity index (χ0n) is 18.2. The van der Waals surface area contributed by atoms with Crippen LogP contribution in [0.2, 0.25) is 10.0 Å². The van der Waals surface area contributed by atoms with Gasteiger partial charge in [0.15, 0.2) is 5.69 Å². The van der Waals surface area contributed by atoms with Crippen LogP contribution in [0, 0.1) is 5.82 Å². The summed E-state index contributed by atoms with van der Waals surface area (Å²) in [5.41, 5.74) is 3.01. The molecule has 34 heavy (non-hydrogen) atoms. The molecule has 0 unspecified atom stereocenters. The maximum atomic E-state index is 13.0. The van der Waals surface area contributed by atoms with Gasteiger partial charge in [0.25, 0.3) is 5.91 Å². The number of nitrogens with zero attached hydrogens (tertiary/aromatic N) is 2. The molecule has 0 bridgehead atoms. The summed E-state index contributed by atoms with van der Waals surface area (Å²) in [7, 11) is 0. The van der Waals surface area contributed by atoms with E-state index in [1.165, 1.54) is 18.4 Å². The summed E-state index contributed by atoms with van der Waals surface area (Å²) in [6, 6.07) is 21.4. The van der Waals surface area contributed by atoms with Crippen LogP contribution in [0.25, 0.3) is 0 Å². The van der Waals surface area contributed by atoms with Crippen molar-refractivity contribution in [3.63, 3.8) is 0 Å². The van der Waals surface area contributed by atoms with Crippen LogP contribution in [-0.4, -0.2) is 15.8 Å². The summed E-state index contributed by atoms with van der Waals surface area (Å²) in [5.74, 6) is -0.279. The molecule has 4 rings (SSSR count). The molecule has 174 valence electrons. The lowest BCUT2D eigenvalue weighted by Gasteiger charge is -2.21. The molecule has 1 amide bonds. The van der Waals surface area contributed by atoms with Crippen molar-refractivity contribution in [3.8, 4) is 0 Å². The van der Waals surface area contributed by atoms with Crippen molar-refractivity contribution in [2.45, 2.75) is 26.2 Å². The van der Waals surface area contributed by atoms with E-state index in [1.807, 2.05) is 36.4 Å². The van der Waals surface area contributed by atoms with Crippen LogP contribution in [0.1, 0.15) is 33.1 Å². The molecule has 0 aliphatic carbocycles. The highest BCUT2D eigenvalue weighted by Crippen LogP contribution is 2.24. The van der Waals surface area contributed by atoms with Crippen molar-refractivity contribution < 1.29 is 13.6 Å². The minimum atomic E-state index is -0.366. The fraction of sp³-hybridized carbons (Fsp3) is 0.154. The first-order chi connectivity index (χ1) is 16.5. The molecular formula is C26H22Cl2FN3O2. The number of rotatable bonds is 9. The predicted molar refractivity (Wildman–Crippen MR) is 130 cm³/mol. The first-order valence-corrected chi connectivity index (χ1v) is 11.4. The highest BCUT2D eigenvalue weighted by Gasteiger charge is 2.17. The van der Waals surface area contributed by atoms with Crippen LogP contribution in [0.5, 0.6) is 0 Å². The van der Waals surface area contributed by atoms with Crippen LogP contribution in [0.3, 0.4) is 0 Å². The van der Waals surface area contributed by atoms with E-state index >= 15 is 0 Å². The van der Waals surface area contributed by atoms with E-state index in [0.717, 1.165) is 16.7 Å². The van der Waals surface area contributed by atoms with Crippen LogP contribution < -0.4 is 5.32 Å². The number of aromatic nitrogens is 1. The van der Waals surface area contributed by atoms with Gasteiger partial charge in [0.2, 0.25) is 5.89 Å². The van der Waals surface area contributed by atoms with Gasteiger partial charge in [0.1, 0.15) is 12.1 Å². The zero-order valence-corrected chi connectivity index (χ0v) is 19.7. The highest BCUT2D eigenvalue weighted by atomic mass is 35.5. The van der Waals surface area contributed by atoms with Crippen LogP contribution in [0.15, 0.2) is 83.5 Å². The Morgan fingerprint density at radius 2 is 1.71 bits per heavy atom. The summed E-state index contributed by atoms with van der Waals surface area (Å²) in [5, 5.41) is 3.92. The topological polar surface area (TPSA) is 58.4 Å². The number of hydrogen-bond acceptors (Lipinski definition) is 4. The van der Waals surface area contributed by atoms with Crippen molar-refractivity contribution in [1.29, 1.82) is 0 Å². The van der Waals surface area contributed by atoms with Crippen LogP contribution >= 0.6 is 23.2 Å². The van der Waals surface area contributed by atoms with E-state index < -0.39 is 0 Å². The second kappa shape index (κ2) is 11.3. The number of oxazole rings is 1. The SMILES string of the molecule is O=C(NCc1ccc(F)cc1)c1coc(CN(Cc2ccccc2)Cc2ccc(Cl)cc2Cl)n1. The molecule has 0 saturated carbocycles. The zero-order chi connectivity index (χ0) is 23.9. The van der Waals surface area contributed by atoms with Crippen molar-refractivity contribution in [2.75, 3.05) is 0 Å². The molecule has 5 nitrogen and oxygen atoms in total. The van der Waals surface area contributed by atoms with Crippen molar-refractivity contribution in [2.24, 2.45) is 0 Å². The Labute approximate surface area is 207 Å². The number of amides is 1. The second-order valence-corrected chi connectivity index (χ2v) is 8.65. The largest absolute Gasteiger partial charge is 0.447 e. The predicted octanol–water partition coefficient (Wildman–Crippen LogP) is 6.25. The summed E-state index contributed by atoms with van der Waals surface area (Å²) in [6.45, 7) is 1.81. The van der Waals surface area contributed by atoms with Crippen LogP contribution in [0.4, 0.5) is 4.39 Å². The molecule has 4 aromatic rings. The molecule has 8 heteroatoms. The standard InChI is InChI=1S/C26H22Cl2FN3O2/c27-21-9-8-20(23(28)12-21)15-32(14-19-4-2-1-3-5-19)16-25-31-24(17-34-25)26(33)30-13-18-6-10-22(29)11-7-18/h1-12,17H,13-16H2,(H,30,33). The average Bonchev–Trinajstić information content (AvgIpc) is 3.29. The number of halogens is 3. The monoisotopic (exact) mass is 497 g/mol. The summed E-state index contributed by atoms with van der Waals surface area (Å²) < 4.78 is 18.6. The third-order valence-electron chi connectivity index (χ3n) is 5.17. The van der Waals surface area contributed by atoms with Gasteiger partial charge in [-0.15, -0.1) is 0 Å². The third kappa shape index (κ3) is 6.67. The molecular weight excluding hydrogens is 476 g/mol. The minimum absolute atomic E-state index is 0.182. The molecule has 0 atom stereocenters. The highest BCUT2D eigenvalue weighted by molar-refractivity contribution is 6.35. The first-order valence-electron chi connectivity index (χ1n) is 10.6. The Hall–Kier alpha value is -3.19. The van der Waals surface area contributed by atoms with Gasteiger partial charge in [-0.3, -0.25) is 9.69 Å². The summed E-state index contributed by atoms with van der Waals surface area (Å²) >= 11 is 12.4. The van der Waals surface area contributed by atoms with Gasteiger partial charge in [-0.2, -0.15) is 0 Å². The maximum absolute atomic E-state index is 13.0. The van der Waals surface area contributed by atoms with Gasteiger partial charge in [-0.1, -0.05) is 71.7 Å². The average molecular weight is 498 g/mol. The molecule has 1 aromatic heterocycles. The number of nitrogens with one attached hydrogen (secondary N) is 1. The number of benzene rings is 3. The van der Waals surface area contributed by atoms with E-state index in [9.17, 15) is 9.18 Å². The first kappa shape index (κ1) is 24.0. The lowest BCUT2D eigenvalue weighted by molar-refractivity contribution is 0.0945. The van der Waals surface area contributed by atoms with E-state index in [2.05, 4.69) is 15.2 Å². The van der Waals surface area contributed by atoms with E-state index in [4.69, 9.17) is 27.6 Å². The quantitative estimate of drug-likeness (QED) is 0.296. The molecule has 0 radical (unpaired) electrons. The van der Waals surface area contributed by atoms with Crippen LogP contribution in [-0.2, 0) is 26.2 Å². The molecule has 0 aliphatic rings. The summed E-state index contributed by atoms with van der Waals surface area (Å²) in [6.07, 6.45) is 1.34. The smallest absolute Gasteiger partial charge is 0.273 e. The van der Waals surface area contributed by atoms with Gasteiger partial charge >= 0.3 is 0 Å². The molecule has 1 N–H and O–H groups in total. The Balaban J connectivity index is 1.44. The third-order valence-corrected chi connectivity index (χ3v) is 5.75. The maximum Gasteiger partial charge on any atom is 0.273 e. The van der Waals surface area contributed by atoms with Crippen molar-refractivity contribution in [3.05, 3.63) is 123 Å².